The summed E-state index contributed by atoms with van der Waals surface area (Å²) < 4.78 is 10.4. The third kappa shape index (κ3) is 5.11. The lowest BCUT2D eigenvalue weighted by Gasteiger charge is -2.13. The quantitative estimate of drug-likeness (QED) is 0.518. The molecule has 132 valence electrons. The number of benzene rings is 1. The molecule has 0 aliphatic rings. The van der Waals surface area contributed by atoms with E-state index in [9.17, 15) is 19.7 Å². The summed E-state index contributed by atoms with van der Waals surface area (Å²) in [6.07, 6.45) is -0.116. The van der Waals surface area contributed by atoms with Crippen molar-refractivity contribution in [2.75, 3.05) is 20.3 Å². The van der Waals surface area contributed by atoms with Crippen molar-refractivity contribution in [1.82, 2.24) is 5.32 Å². The van der Waals surface area contributed by atoms with Gasteiger partial charge in [-0.25, -0.2) is 0 Å². The summed E-state index contributed by atoms with van der Waals surface area (Å²) >= 11 is 0. The first kappa shape index (κ1) is 19.2. The van der Waals surface area contributed by atoms with E-state index in [4.69, 9.17) is 14.6 Å². The lowest BCUT2D eigenvalue weighted by molar-refractivity contribution is -0.385. The molecule has 0 radical (unpaired) electrons. The minimum atomic E-state index is -0.981. The van der Waals surface area contributed by atoms with Crippen LogP contribution in [-0.4, -0.2) is 42.2 Å². The Morgan fingerprint density at radius 3 is 2.54 bits per heavy atom. The third-order valence-corrected chi connectivity index (χ3v) is 3.16. The van der Waals surface area contributed by atoms with Crippen LogP contribution in [0.2, 0.25) is 0 Å². The highest BCUT2D eigenvalue weighted by molar-refractivity contribution is 5.99. The Morgan fingerprint density at radius 2 is 2.04 bits per heavy atom. The van der Waals surface area contributed by atoms with Crippen LogP contribution in [0.15, 0.2) is 12.1 Å². The van der Waals surface area contributed by atoms with E-state index in [2.05, 4.69) is 5.32 Å². The van der Waals surface area contributed by atoms with E-state index in [1.54, 1.807) is 13.8 Å². The molecule has 0 bridgehead atoms. The SMILES string of the molecule is CCOc1cc(C(=O)NCC(C)CC(=O)O)c([N+](=O)[O-])cc1OC. The summed E-state index contributed by atoms with van der Waals surface area (Å²) in [5, 5.41) is 22.4. The summed E-state index contributed by atoms with van der Waals surface area (Å²) in [6.45, 7) is 3.76. The van der Waals surface area contributed by atoms with Gasteiger partial charge in [-0.15, -0.1) is 0 Å². The van der Waals surface area contributed by atoms with Gasteiger partial charge in [-0.3, -0.25) is 19.7 Å². The summed E-state index contributed by atoms with van der Waals surface area (Å²) in [4.78, 5) is 33.4. The zero-order chi connectivity index (χ0) is 18.3. The summed E-state index contributed by atoms with van der Waals surface area (Å²) in [6, 6.07) is 2.37. The molecule has 0 saturated heterocycles. The monoisotopic (exact) mass is 340 g/mol. The number of carboxylic acids is 1. The fraction of sp³-hybridized carbons (Fsp3) is 0.467. The van der Waals surface area contributed by atoms with E-state index in [1.165, 1.54) is 13.2 Å². The predicted octanol–water partition coefficient (Wildman–Crippen LogP) is 1.84. The zero-order valence-corrected chi connectivity index (χ0v) is 13.7. The molecule has 0 aliphatic heterocycles. The molecule has 0 spiro atoms. The fourth-order valence-electron chi connectivity index (χ4n) is 2.04. The van der Waals surface area contributed by atoms with Crippen molar-refractivity contribution in [3.05, 3.63) is 27.8 Å². The Hall–Kier alpha value is -2.84. The van der Waals surface area contributed by atoms with E-state index < -0.39 is 22.5 Å². The van der Waals surface area contributed by atoms with E-state index in [0.717, 1.165) is 6.07 Å². The number of hydrogen-bond donors (Lipinski definition) is 2. The topological polar surface area (TPSA) is 128 Å². The highest BCUT2D eigenvalue weighted by Gasteiger charge is 2.25. The van der Waals surface area contributed by atoms with Crippen LogP contribution >= 0.6 is 0 Å². The van der Waals surface area contributed by atoms with Crippen LogP contribution < -0.4 is 14.8 Å². The van der Waals surface area contributed by atoms with Crippen molar-refractivity contribution in [2.24, 2.45) is 5.92 Å². The Morgan fingerprint density at radius 1 is 1.38 bits per heavy atom. The lowest BCUT2D eigenvalue weighted by atomic mass is 10.1. The normalized spacial score (nSPS) is 11.5. The maximum absolute atomic E-state index is 12.3. The number of ether oxygens (including phenoxy) is 2. The minimum Gasteiger partial charge on any atom is -0.493 e. The van der Waals surface area contributed by atoms with Gasteiger partial charge in [-0.2, -0.15) is 0 Å². The molecule has 9 nitrogen and oxygen atoms in total. The molecule has 0 saturated carbocycles. The standard InChI is InChI=1S/C15H20N2O7/c1-4-24-13-6-10(11(17(21)22)7-12(13)23-3)15(20)16-8-9(2)5-14(18)19/h6-7,9H,4-5,8H2,1-3H3,(H,16,20)(H,18,19). The predicted molar refractivity (Wildman–Crippen MR) is 84.6 cm³/mol. The number of nitro benzene ring substituents is 1. The number of rotatable bonds is 9. The molecule has 9 heteroatoms. The molecule has 0 aliphatic carbocycles. The molecule has 0 heterocycles. The highest BCUT2D eigenvalue weighted by atomic mass is 16.6. The van der Waals surface area contributed by atoms with Gasteiger partial charge in [-0.05, 0) is 12.8 Å². The first-order valence-electron chi connectivity index (χ1n) is 7.29. The third-order valence-electron chi connectivity index (χ3n) is 3.16. The number of carboxylic acid groups (broad SMARTS) is 1. The largest absolute Gasteiger partial charge is 0.493 e. The van der Waals surface area contributed by atoms with Crippen molar-refractivity contribution >= 4 is 17.6 Å². The van der Waals surface area contributed by atoms with E-state index >= 15 is 0 Å². The number of hydrogen-bond acceptors (Lipinski definition) is 6. The maximum atomic E-state index is 12.3. The number of amides is 1. The van der Waals surface area contributed by atoms with Gasteiger partial charge in [0.1, 0.15) is 5.56 Å². The van der Waals surface area contributed by atoms with Gasteiger partial charge in [0.15, 0.2) is 11.5 Å². The Bertz CT molecular complexity index is 630. The lowest BCUT2D eigenvalue weighted by Crippen LogP contribution is -2.29. The Balaban J connectivity index is 3.06. The minimum absolute atomic E-state index is 0.0816. The van der Waals surface area contributed by atoms with Gasteiger partial charge >= 0.3 is 5.97 Å². The van der Waals surface area contributed by atoms with Gasteiger partial charge in [-0.1, -0.05) is 6.92 Å². The molecule has 1 aromatic carbocycles. The molecule has 24 heavy (non-hydrogen) atoms. The van der Waals surface area contributed by atoms with Crippen LogP contribution in [0.25, 0.3) is 0 Å². The molecule has 0 fully saturated rings. The molecule has 2 N–H and O–H groups in total. The van der Waals surface area contributed by atoms with Gasteiger partial charge in [0.05, 0.1) is 24.7 Å². The zero-order valence-electron chi connectivity index (χ0n) is 13.7. The van der Waals surface area contributed by atoms with Crippen molar-refractivity contribution in [3.8, 4) is 11.5 Å². The van der Waals surface area contributed by atoms with Gasteiger partial charge in [0.25, 0.3) is 11.6 Å². The summed E-state index contributed by atoms with van der Waals surface area (Å²) in [5.41, 5.74) is -0.592. The summed E-state index contributed by atoms with van der Waals surface area (Å²) in [5.74, 6) is -1.60. The Labute approximate surface area is 138 Å². The van der Waals surface area contributed by atoms with Crippen LogP contribution in [0.1, 0.15) is 30.6 Å². The van der Waals surface area contributed by atoms with E-state index in [-0.39, 0.29) is 35.9 Å². The van der Waals surface area contributed by atoms with Crippen molar-refractivity contribution in [2.45, 2.75) is 20.3 Å². The number of nitrogens with one attached hydrogen (secondary N) is 1. The van der Waals surface area contributed by atoms with Gasteiger partial charge in [0.2, 0.25) is 0 Å². The molecule has 0 aromatic heterocycles. The number of aliphatic carboxylic acids is 1. The molecule has 1 aromatic rings. The van der Waals surface area contributed by atoms with Gasteiger partial charge in [0, 0.05) is 19.0 Å². The number of methoxy groups -OCH3 is 1. The van der Waals surface area contributed by atoms with E-state index in [1.807, 2.05) is 0 Å². The molecular weight excluding hydrogens is 320 g/mol. The number of nitrogens with zero attached hydrogens (tertiary/aromatic N) is 1. The molecule has 1 unspecified atom stereocenters. The molecular formula is C15H20N2O7. The second kappa shape index (κ2) is 8.70. The first-order chi connectivity index (χ1) is 11.3. The number of carbonyl (C=O) groups excluding carboxylic acids is 1. The molecule has 1 rings (SSSR count). The maximum Gasteiger partial charge on any atom is 0.303 e. The average molecular weight is 340 g/mol. The number of carbonyl (C=O) groups is 2. The first-order valence-corrected chi connectivity index (χ1v) is 7.29. The van der Waals surface area contributed by atoms with Crippen molar-refractivity contribution < 1.29 is 29.1 Å². The second-order valence-corrected chi connectivity index (χ2v) is 5.12. The van der Waals surface area contributed by atoms with E-state index in [0.29, 0.717) is 6.61 Å². The average Bonchev–Trinajstić information content (AvgIpc) is 2.51. The molecule has 1 amide bonds. The highest BCUT2D eigenvalue weighted by Crippen LogP contribution is 2.34. The van der Waals surface area contributed by atoms with Crippen molar-refractivity contribution in [3.63, 3.8) is 0 Å². The van der Waals surface area contributed by atoms with Crippen molar-refractivity contribution in [1.29, 1.82) is 0 Å². The van der Waals surface area contributed by atoms with Crippen LogP contribution in [0.3, 0.4) is 0 Å². The summed E-state index contributed by atoms with van der Waals surface area (Å²) in [7, 11) is 1.34. The van der Waals surface area contributed by atoms with Crippen LogP contribution in [-0.2, 0) is 4.79 Å². The van der Waals surface area contributed by atoms with Crippen LogP contribution in [0.5, 0.6) is 11.5 Å². The van der Waals surface area contributed by atoms with Gasteiger partial charge < -0.3 is 19.9 Å². The Kier molecular flexibility index (Phi) is 6.97. The smallest absolute Gasteiger partial charge is 0.303 e. The van der Waals surface area contributed by atoms with Crippen LogP contribution in [0, 0.1) is 16.0 Å². The fourth-order valence-corrected chi connectivity index (χ4v) is 2.04. The van der Waals surface area contributed by atoms with Crippen LogP contribution in [0.4, 0.5) is 5.69 Å². The second-order valence-electron chi connectivity index (χ2n) is 5.12. The molecule has 1 atom stereocenters. The number of nitro groups is 1.